The van der Waals surface area contributed by atoms with Crippen molar-refractivity contribution in [2.45, 2.75) is 49.5 Å². The van der Waals surface area contributed by atoms with Crippen molar-refractivity contribution >= 4 is 15.9 Å². The fraction of sp³-hybridized carbons (Fsp3) is 0.611. The van der Waals surface area contributed by atoms with Crippen LogP contribution in [0.5, 0.6) is 0 Å². The van der Waals surface area contributed by atoms with E-state index in [1.54, 1.807) is 12.1 Å². The van der Waals surface area contributed by atoms with Gasteiger partial charge in [-0.1, -0.05) is 25.3 Å². The number of hydrogen-bond acceptors (Lipinski definition) is 4. The van der Waals surface area contributed by atoms with Crippen LogP contribution in [0.15, 0.2) is 29.2 Å². The Kier molecular flexibility index (Phi) is 7.40. The first-order valence-corrected chi connectivity index (χ1v) is 10.4. The van der Waals surface area contributed by atoms with E-state index in [1.807, 2.05) is 19.0 Å². The van der Waals surface area contributed by atoms with Gasteiger partial charge in [-0.05, 0) is 58.1 Å². The third kappa shape index (κ3) is 6.41. The molecule has 0 spiro atoms. The second-order valence-electron chi connectivity index (χ2n) is 6.89. The van der Waals surface area contributed by atoms with Crippen molar-refractivity contribution in [2.75, 3.05) is 27.2 Å². The summed E-state index contributed by atoms with van der Waals surface area (Å²) in [7, 11) is 0.299. The third-order valence-corrected chi connectivity index (χ3v) is 5.88. The van der Waals surface area contributed by atoms with Gasteiger partial charge >= 0.3 is 0 Å². The first-order valence-electron chi connectivity index (χ1n) is 8.94. The summed E-state index contributed by atoms with van der Waals surface area (Å²) in [5.41, 5.74) is 0.390. The number of benzene rings is 1. The zero-order valence-corrected chi connectivity index (χ0v) is 15.9. The lowest BCUT2D eigenvalue weighted by molar-refractivity contribution is 0.0927. The molecule has 0 radical (unpaired) electrons. The van der Waals surface area contributed by atoms with Crippen LogP contribution in [-0.4, -0.2) is 52.5 Å². The Morgan fingerprint density at radius 3 is 2.60 bits per heavy atom. The highest BCUT2D eigenvalue weighted by molar-refractivity contribution is 7.89. The minimum Gasteiger partial charge on any atom is -0.349 e. The highest BCUT2D eigenvalue weighted by Gasteiger charge is 2.19. The van der Waals surface area contributed by atoms with Crippen molar-refractivity contribution in [1.29, 1.82) is 0 Å². The molecule has 0 unspecified atom stereocenters. The first kappa shape index (κ1) is 19.9. The molecule has 1 saturated carbocycles. The normalized spacial score (nSPS) is 16.1. The summed E-state index contributed by atoms with van der Waals surface area (Å²) in [6.07, 6.45) is 6.22. The lowest BCUT2D eigenvalue weighted by Crippen LogP contribution is -2.36. The van der Waals surface area contributed by atoms with Gasteiger partial charge < -0.3 is 10.2 Å². The van der Waals surface area contributed by atoms with E-state index in [9.17, 15) is 13.2 Å². The number of amides is 1. The minimum atomic E-state index is -3.60. The van der Waals surface area contributed by atoms with Gasteiger partial charge in [-0.15, -0.1) is 0 Å². The van der Waals surface area contributed by atoms with Gasteiger partial charge in [0.1, 0.15) is 0 Å². The van der Waals surface area contributed by atoms with E-state index in [4.69, 9.17) is 0 Å². The zero-order valence-electron chi connectivity index (χ0n) is 15.1. The van der Waals surface area contributed by atoms with Gasteiger partial charge in [0.05, 0.1) is 4.90 Å². The molecule has 1 aliphatic carbocycles. The molecule has 6 nitrogen and oxygen atoms in total. The molecule has 25 heavy (non-hydrogen) atoms. The predicted octanol–water partition coefficient (Wildman–Crippen LogP) is 1.98. The maximum atomic E-state index is 12.4. The van der Waals surface area contributed by atoms with E-state index < -0.39 is 10.0 Å². The van der Waals surface area contributed by atoms with Crippen LogP contribution < -0.4 is 10.0 Å². The van der Waals surface area contributed by atoms with Crippen molar-refractivity contribution in [1.82, 2.24) is 14.9 Å². The molecule has 1 aliphatic rings. The Bertz CT molecular complexity index is 668. The fourth-order valence-corrected chi connectivity index (χ4v) is 4.12. The first-order chi connectivity index (χ1) is 11.9. The molecule has 0 aliphatic heterocycles. The van der Waals surface area contributed by atoms with Crippen molar-refractivity contribution in [3.05, 3.63) is 29.8 Å². The number of carbonyl (C=O) groups excluding carboxylic acids is 1. The fourth-order valence-electron chi connectivity index (χ4n) is 3.01. The third-order valence-electron chi connectivity index (χ3n) is 4.42. The molecule has 2 rings (SSSR count). The molecular weight excluding hydrogens is 338 g/mol. The molecule has 0 bridgehead atoms. The maximum absolute atomic E-state index is 12.4. The molecule has 1 aromatic carbocycles. The Morgan fingerprint density at radius 2 is 1.92 bits per heavy atom. The Balaban J connectivity index is 1.97. The molecular formula is C18H29N3O3S. The van der Waals surface area contributed by atoms with Gasteiger partial charge in [0.15, 0.2) is 0 Å². The van der Waals surface area contributed by atoms with Crippen molar-refractivity contribution < 1.29 is 13.2 Å². The Morgan fingerprint density at radius 1 is 1.20 bits per heavy atom. The van der Waals surface area contributed by atoms with Crippen molar-refractivity contribution in [2.24, 2.45) is 0 Å². The predicted molar refractivity (Wildman–Crippen MR) is 99.1 cm³/mol. The van der Waals surface area contributed by atoms with Crippen molar-refractivity contribution in [3.8, 4) is 0 Å². The maximum Gasteiger partial charge on any atom is 0.251 e. The number of carbonyl (C=O) groups is 1. The monoisotopic (exact) mass is 367 g/mol. The van der Waals surface area contributed by atoms with Crippen LogP contribution in [0.4, 0.5) is 0 Å². The van der Waals surface area contributed by atoms with Gasteiger partial charge in [-0.2, -0.15) is 0 Å². The van der Waals surface area contributed by atoms with E-state index in [0.29, 0.717) is 12.1 Å². The van der Waals surface area contributed by atoms with Crippen LogP contribution in [0.1, 0.15) is 48.9 Å². The molecule has 1 amide bonds. The molecule has 140 valence electrons. The van der Waals surface area contributed by atoms with E-state index >= 15 is 0 Å². The second-order valence-corrected chi connectivity index (χ2v) is 8.66. The van der Waals surface area contributed by atoms with E-state index in [2.05, 4.69) is 10.0 Å². The number of hydrogen-bond donors (Lipinski definition) is 2. The SMILES string of the molecule is CN(C)CCCNS(=O)(=O)c1cccc(C(=O)NC2CCCCC2)c1. The topological polar surface area (TPSA) is 78.5 Å². The van der Waals surface area contributed by atoms with E-state index in [1.165, 1.54) is 18.6 Å². The van der Waals surface area contributed by atoms with Crippen LogP contribution in [0.25, 0.3) is 0 Å². The van der Waals surface area contributed by atoms with Gasteiger partial charge in [0.2, 0.25) is 10.0 Å². The number of rotatable bonds is 8. The summed E-state index contributed by atoms with van der Waals surface area (Å²) in [4.78, 5) is 14.5. The smallest absolute Gasteiger partial charge is 0.251 e. The molecule has 0 aromatic heterocycles. The van der Waals surface area contributed by atoms with Gasteiger partial charge in [-0.3, -0.25) is 4.79 Å². The highest BCUT2D eigenvalue weighted by Crippen LogP contribution is 2.18. The summed E-state index contributed by atoms with van der Waals surface area (Å²) in [6.45, 7) is 1.19. The summed E-state index contributed by atoms with van der Waals surface area (Å²) >= 11 is 0. The van der Waals surface area contributed by atoms with Crippen LogP contribution in [0, 0.1) is 0 Å². The zero-order chi connectivity index (χ0) is 18.3. The number of nitrogens with zero attached hydrogens (tertiary/aromatic N) is 1. The number of nitrogens with one attached hydrogen (secondary N) is 2. The summed E-state index contributed by atoms with van der Waals surface area (Å²) < 4.78 is 27.4. The standard InChI is InChI=1S/C18H29N3O3S/c1-21(2)13-7-12-19-25(23,24)17-11-6-8-15(14-17)18(22)20-16-9-4-3-5-10-16/h6,8,11,14,16,19H,3-5,7,9-10,12-13H2,1-2H3,(H,20,22). The van der Waals surface area contributed by atoms with E-state index in [0.717, 1.165) is 38.6 Å². The molecule has 1 fully saturated rings. The average Bonchev–Trinajstić information content (AvgIpc) is 2.59. The second kappa shape index (κ2) is 9.31. The average molecular weight is 368 g/mol. The molecule has 0 atom stereocenters. The lowest BCUT2D eigenvalue weighted by Gasteiger charge is -2.22. The van der Waals surface area contributed by atoms with Crippen LogP contribution in [-0.2, 0) is 10.0 Å². The van der Waals surface area contributed by atoms with E-state index in [-0.39, 0.29) is 16.8 Å². The van der Waals surface area contributed by atoms with Crippen LogP contribution >= 0.6 is 0 Å². The highest BCUT2D eigenvalue weighted by atomic mass is 32.2. The molecule has 7 heteroatoms. The largest absolute Gasteiger partial charge is 0.349 e. The van der Waals surface area contributed by atoms with Gasteiger partial charge in [-0.25, -0.2) is 13.1 Å². The quantitative estimate of drug-likeness (QED) is 0.689. The van der Waals surface area contributed by atoms with Crippen molar-refractivity contribution in [3.63, 3.8) is 0 Å². The van der Waals surface area contributed by atoms with Gasteiger partial charge in [0.25, 0.3) is 5.91 Å². The van der Waals surface area contributed by atoms with Gasteiger partial charge in [0, 0.05) is 18.2 Å². The molecule has 1 aromatic rings. The minimum absolute atomic E-state index is 0.133. The summed E-state index contributed by atoms with van der Waals surface area (Å²) in [5.74, 6) is -0.198. The molecule has 2 N–H and O–H groups in total. The molecule has 0 saturated heterocycles. The van der Waals surface area contributed by atoms with Crippen LogP contribution in [0.3, 0.4) is 0 Å². The number of sulfonamides is 1. The Hall–Kier alpha value is -1.44. The molecule has 0 heterocycles. The summed E-state index contributed by atoms with van der Waals surface area (Å²) in [5, 5.41) is 3.02. The Labute approximate surface area is 151 Å². The summed E-state index contributed by atoms with van der Waals surface area (Å²) in [6, 6.07) is 6.44. The van der Waals surface area contributed by atoms with Crippen LogP contribution in [0.2, 0.25) is 0 Å². The lowest BCUT2D eigenvalue weighted by atomic mass is 9.95.